The Kier molecular flexibility index (Phi) is 4.26. The lowest BCUT2D eigenvalue weighted by Gasteiger charge is -2.28. The second kappa shape index (κ2) is 5.71. The Bertz CT molecular complexity index is 389. The normalized spacial score (nSPS) is 17.1. The highest BCUT2D eigenvalue weighted by atomic mass is 35.5. The standard InChI is InChI=1S/C13H19ClN2O/c1-10-7-13(17-2)12(14)8-11(10)9-16-5-3-15-4-6-16/h7-8,15H,3-6,9H2,1-2H3. The number of hydrogen-bond donors (Lipinski definition) is 1. The van der Waals surface area contributed by atoms with E-state index in [0.29, 0.717) is 5.02 Å². The number of methoxy groups -OCH3 is 1. The third-order valence-corrected chi connectivity index (χ3v) is 3.51. The van der Waals surface area contributed by atoms with E-state index in [9.17, 15) is 0 Å². The molecule has 3 nitrogen and oxygen atoms in total. The van der Waals surface area contributed by atoms with Gasteiger partial charge in [-0.25, -0.2) is 0 Å². The fraction of sp³-hybridized carbons (Fsp3) is 0.538. The summed E-state index contributed by atoms with van der Waals surface area (Å²) in [5.41, 5.74) is 2.53. The van der Waals surface area contributed by atoms with Gasteiger partial charge in [0, 0.05) is 32.7 Å². The van der Waals surface area contributed by atoms with Crippen LogP contribution in [0.5, 0.6) is 5.75 Å². The average Bonchev–Trinajstić information content (AvgIpc) is 2.34. The van der Waals surface area contributed by atoms with Crippen molar-refractivity contribution in [2.75, 3.05) is 33.3 Å². The van der Waals surface area contributed by atoms with Crippen molar-refractivity contribution in [3.63, 3.8) is 0 Å². The highest BCUT2D eigenvalue weighted by Crippen LogP contribution is 2.28. The predicted molar refractivity (Wildman–Crippen MR) is 70.9 cm³/mol. The van der Waals surface area contributed by atoms with Crippen molar-refractivity contribution in [2.24, 2.45) is 0 Å². The van der Waals surface area contributed by atoms with Crippen LogP contribution < -0.4 is 10.1 Å². The zero-order valence-corrected chi connectivity index (χ0v) is 11.2. The van der Waals surface area contributed by atoms with Gasteiger partial charge in [0.1, 0.15) is 5.75 Å². The van der Waals surface area contributed by atoms with Gasteiger partial charge in [-0.3, -0.25) is 4.90 Å². The Morgan fingerprint density at radius 3 is 2.71 bits per heavy atom. The molecule has 1 saturated heterocycles. The molecular formula is C13H19ClN2O. The maximum absolute atomic E-state index is 6.16. The molecular weight excluding hydrogens is 236 g/mol. The Balaban J connectivity index is 2.12. The van der Waals surface area contributed by atoms with Gasteiger partial charge in [0.15, 0.2) is 0 Å². The molecule has 4 heteroatoms. The molecule has 0 spiro atoms. The zero-order chi connectivity index (χ0) is 12.3. The van der Waals surface area contributed by atoms with Crippen LogP contribution in [0.4, 0.5) is 0 Å². The smallest absolute Gasteiger partial charge is 0.137 e. The summed E-state index contributed by atoms with van der Waals surface area (Å²) in [5, 5.41) is 4.05. The first kappa shape index (κ1) is 12.7. The average molecular weight is 255 g/mol. The van der Waals surface area contributed by atoms with Crippen LogP contribution in [0, 0.1) is 6.92 Å². The molecule has 0 aliphatic carbocycles. The molecule has 0 bridgehead atoms. The summed E-state index contributed by atoms with van der Waals surface area (Å²) < 4.78 is 5.22. The number of ether oxygens (including phenoxy) is 1. The number of aryl methyl sites for hydroxylation is 1. The van der Waals surface area contributed by atoms with Crippen molar-refractivity contribution in [2.45, 2.75) is 13.5 Å². The summed E-state index contributed by atoms with van der Waals surface area (Å²) in [5.74, 6) is 0.758. The number of piperazine rings is 1. The van der Waals surface area contributed by atoms with E-state index >= 15 is 0 Å². The lowest BCUT2D eigenvalue weighted by molar-refractivity contribution is 0.233. The largest absolute Gasteiger partial charge is 0.495 e. The molecule has 1 aromatic carbocycles. The Morgan fingerprint density at radius 2 is 2.06 bits per heavy atom. The first-order valence-electron chi connectivity index (χ1n) is 5.97. The summed E-state index contributed by atoms with van der Waals surface area (Å²) in [6.45, 7) is 7.42. The van der Waals surface area contributed by atoms with Gasteiger partial charge in [0.2, 0.25) is 0 Å². The molecule has 0 saturated carbocycles. The van der Waals surface area contributed by atoms with E-state index in [1.165, 1.54) is 11.1 Å². The second-order valence-corrected chi connectivity index (χ2v) is 4.85. The van der Waals surface area contributed by atoms with E-state index < -0.39 is 0 Å². The SMILES string of the molecule is COc1cc(C)c(CN2CCNCC2)cc1Cl. The predicted octanol–water partition coefficient (Wildman–Crippen LogP) is 2.06. The van der Waals surface area contributed by atoms with Crippen LogP contribution in [0.25, 0.3) is 0 Å². The summed E-state index contributed by atoms with van der Waals surface area (Å²) >= 11 is 6.16. The van der Waals surface area contributed by atoms with E-state index in [1.807, 2.05) is 12.1 Å². The highest BCUT2D eigenvalue weighted by Gasteiger charge is 2.13. The van der Waals surface area contributed by atoms with Crippen LogP contribution in [0.2, 0.25) is 5.02 Å². The van der Waals surface area contributed by atoms with Crippen molar-refractivity contribution in [1.82, 2.24) is 10.2 Å². The molecule has 2 rings (SSSR count). The van der Waals surface area contributed by atoms with E-state index in [0.717, 1.165) is 38.5 Å². The number of halogens is 1. The topological polar surface area (TPSA) is 24.5 Å². The van der Waals surface area contributed by atoms with E-state index in [4.69, 9.17) is 16.3 Å². The molecule has 0 aromatic heterocycles. The number of nitrogens with one attached hydrogen (secondary N) is 1. The fourth-order valence-corrected chi connectivity index (χ4v) is 2.40. The van der Waals surface area contributed by atoms with Crippen LogP contribution in [0.15, 0.2) is 12.1 Å². The summed E-state index contributed by atoms with van der Waals surface area (Å²) in [4.78, 5) is 2.45. The number of rotatable bonds is 3. The van der Waals surface area contributed by atoms with Crippen molar-refractivity contribution >= 4 is 11.6 Å². The van der Waals surface area contributed by atoms with Crippen LogP contribution >= 0.6 is 11.6 Å². The monoisotopic (exact) mass is 254 g/mol. The summed E-state index contributed by atoms with van der Waals surface area (Å²) in [7, 11) is 1.65. The van der Waals surface area contributed by atoms with Gasteiger partial charge < -0.3 is 10.1 Å². The Hall–Kier alpha value is -0.770. The highest BCUT2D eigenvalue weighted by molar-refractivity contribution is 6.32. The lowest BCUT2D eigenvalue weighted by atomic mass is 10.1. The minimum atomic E-state index is 0.697. The fourth-order valence-electron chi connectivity index (χ4n) is 2.13. The molecule has 1 aliphatic rings. The lowest BCUT2D eigenvalue weighted by Crippen LogP contribution is -2.42. The molecule has 1 aromatic rings. The molecule has 0 unspecified atom stereocenters. The van der Waals surface area contributed by atoms with Crippen molar-refractivity contribution in [1.29, 1.82) is 0 Å². The maximum Gasteiger partial charge on any atom is 0.137 e. The van der Waals surface area contributed by atoms with Crippen LogP contribution in [0.1, 0.15) is 11.1 Å². The molecule has 1 fully saturated rings. The van der Waals surface area contributed by atoms with Crippen molar-refractivity contribution < 1.29 is 4.74 Å². The van der Waals surface area contributed by atoms with E-state index in [1.54, 1.807) is 7.11 Å². The molecule has 1 heterocycles. The molecule has 17 heavy (non-hydrogen) atoms. The van der Waals surface area contributed by atoms with Gasteiger partial charge in [-0.2, -0.15) is 0 Å². The Morgan fingerprint density at radius 1 is 1.35 bits per heavy atom. The third-order valence-electron chi connectivity index (χ3n) is 3.21. The first-order chi connectivity index (χ1) is 8.20. The number of hydrogen-bond acceptors (Lipinski definition) is 3. The van der Waals surface area contributed by atoms with Gasteiger partial charge in [-0.1, -0.05) is 11.6 Å². The Labute approximate surface area is 108 Å². The molecule has 1 N–H and O–H groups in total. The van der Waals surface area contributed by atoms with Crippen LogP contribution in [-0.4, -0.2) is 38.2 Å². The van der Waals surface area contributed by atoms with Gasteiger partial charge in [-0.15, -0.1) is 0 Å². The zero-order valence-electron chi connectivity index (χ0n) is 10.4. The number of benzene rings is 1. The minimum absolute atomic E-state index is 0.697. The van der Waals surface area contributed by atoms with E-state index in [-0.39, 0.29) is 0 Å². The van der Waals surface area contributed by atoms with Gasteiger partial charge in [0.05, 0.1) is 12.1 Å². The summed E-state index contributed by atoms with van der Waals surface area (Å²) in [6, 6.07) is 4.04. The maximum atomic E-state index is 6.16. The van der Waals surface area contributed by atoms with Crippen LogP contribution in [-0.2, 0) is 6.54 Å². The van der Waals surface area contributed by atoms with Crippen molar-refractivity contribution in [3.05, 3.63) is 28.3 Å². The van der Waals surface area contributed by atoms with Crippen LogP contribution in [0.3, 0.4) is 0 Å². The number of nitrogens with zero attached hydrogens (tertiary/aromatic N) is 1. The molecule has 0 atom stereocenters. The third kappa shape index (κ3) is 3.12. The van der Waals surface area contributed by atoms with Gasteiger partial charge in [0.25, 0.3) is 0 Å². The minimum Gasteiger partial charge on any atom is -0.495 e. The molecule has 94 valence electrons. The quantitative estimate of drug-likeness (QED) is 0.894. The second-order valence-electron chi connectivity index (χ2n) is 4.44. The molecule has 0 radical (unpaired) electrons. The van der Waals surface area contributed by atoms with Gasteiger partial charge in [-0.05, 0) is 30.2 Å². The first-order valence-corrected chi connectivity index (χ1v) is 6.34. The summed E-state index contributed by atoms with van der Waals surface area (Å²) in [6.07, 6.45) is 0. The van der Waals surface area contributed by atoms with Gasteiger partial charge >= 0.3 is 0 Å². The molecule has 0 amide bonds. The van der Waals surface area contributed by atoms with Crippen molar-refractivity contribution in [3.8, 4) is 5.75 Å². The van der Waals surface area contributed by atoms with E-state index in [2.05, 4.69) is 17.1 Å². The molecule has 1 aliphatic heterocycles.